The van der Waals surface area contributed by atoms with Crippen molar-refractivity contribution in [2.24, 2.45) is 5.41 Å². The lowest BCUT2D eigenvalue weighted by Crippen LogP contribution is -2.41. The van der Waals surface area contributed by atoms with Crippen LogP contribution in [0, 0.1) is 5.41 Å². The SMILES string of the molecule is C[C@]12Cc3ccccc3[C@H](C1)N(C(=O)C13CCC(F)(CC1)C3)O2. The van der Waals surface area contributed by atoms with E-state index >= 15 is 0 Å². The first-order valence-electron chi connectivity index (χ1n) is 8.72. The molecule has 0 radical (unpaired) electrons. The smallest absolute Gasteiger partial charge is 0.253 e. The minimum Gasteiger partial charge on any atom is -0.272 e. The van der Waals surface area contributed by atoms with Crippen molar-refractivity contribution >= 4 is 5.91 Å². The first-order valence-corrected chi connectivity index (χ1v) is 8.72. The van der Waals surface area contributed by atoms with Gasteiger partial charge in [-0.05, 0) is 50.2 Å². The van der Waals surface area contributed by atoms with E-state index in [4.69, 9.17) is 4.84 Å². The monoisotopic (exact) mass is 315 g/mol. The summed E-state index contributed by atoms with van der Waals surface area (Å²) in [7, 11) is 0. The Hall–Kier alpha value is -1.42. The lowest BCUT2D eigenvalue weighted by Gasteiger charge is -2.32. The van der Waals surface area contributed by atoms with Crippen LogP contribution >= 0.6 is 0 Å². The highest BCUT2D eigenvalue weighted by molar-refractivity contribution is 5.84. The van der Waals surface area contributed by atoms with E-state index in [9.17, 15) is 9.18 Å². The third-order valence-electron chi connectivity index (χ3n) is 6.62. The Kier molecular flexibility index (Phi) is 2.52. The Balaban J connectivity index is 1.52. The predicted octanol–water partition coefficient (Wildman–Crippen LogP) is 3.88. The normalized spacial score (nSPS) is 43.7. The van der Waals surface area contributed by atoms with Crippen molar-refractivity contribution in [3.8, 4) is 0 Å². The summed E-state index contributed by atoms with van der Waals surface area (Å²) in [4.78, 5) is 19.5. The van der Waals surface area contributed by atoms with Crippen molar-refractivity contribution in [2.45, 2.75) is 69.2 Å². The van der Waals surface area contributed by atoms with Crippen LogP contribution in [-0.2, 0) is 16.1 Å². The molecule has 2 saturated carbocycles. The molecule has 4 aliphatic rings. The molecule has 4 bridgehead atoms. The van der Waals surface area contributed by atoms with E-state index in [0.717, 1.165) is 12.8 Å². The summed E-state index contributed by atoms with van der Waals surface area (Å²) in [6.07, 6.45) is 4.48. The summed E-state index contributed by atoms with van der Waals surface area (Å²) in [5.41, 5.74) is 0.547. The van der Waals surface area contributed by atoms with Gasteiger partial charge in [0.2, 0.25) is 0 Å². The molecular formula is C19H22FNO2. The minimum atomic E-state index is -1.10. The maximum absolute atomic E-state index is 14.5. The molecule has 1 saturated heterocycles. The highest BCUT2D eigenvalue weighted by Crippen LogP contribution is 2.61. The molecule has 3 nitrogen and oxygen atoms in total. The molecule has 1 amide bonds. The summed E-state index contributed by atoms with van der Waals surface area (Å²) in [5.74, 6) is 0.0277. The number of benzene rings is 1. The van der Waals surface area contributed by atoms with Crippen molar-refractivity contribution < 1.29 is 14.0 Å². The zero-order valence-corrected chi connectivity index (χ0v) is 13.5. The van der Waals surface area contributed by atoms with Gasteiger partial charge in [0.05, 0.1) is 17.1 Å². The van der Waals surface area contributed by atoms with Crippen molar-refractivity contribution in [2.75, 3.05) is 0 Å². The van der Waals surface area contributed by atoms with Crippen molar-refractivity contribution in [3.05, 3.63) is 35.4 Å². The summed E-state index contributed by atoms with van der Waals surface area (Å²) in [5, 5.41) is 1.63. The van der Waals surface area contributed by atoms with Crippen molar-refractivity contribution in [1.29, 1.82) is 0 Å². The molecule has 122 valence electrons. The van der Waals surface area contributed by atoms with Crippen LogP contribution in [0.1, 0.15) is 62.6 Å². The number of hydroxylamine groups is 2. The zero-order valence-electron chi connectivity index (χ0n) is 13.5. The molecule has 3 fully saturated rings. The maximum atomic E-state index is 14.5. The number of fused-ring (bicyclic) bond motifs is 6. The third-order valence-corrected chi connectivity index (χ3v) is 6.62. The number of carbonyl (C=O) groups excluding carboxylic acids is 1. The van der Waals surface area contributed by atoms with Gasteiger partial charge in [-0.2, -0.15) is 0 Å². The maximum Gasteiger partial charge on any atom is 0.253 e. The number of hydrogen-bond donors (Lipinski definition) is 0. The van der Waals surface area contributed by atoms with E-state index in [1.54, 1.807) is 5.06 Å². The van der Waals surface area contributed by atoms with Crippen LogP contribution in [0.5, 0.6) is 0 Å². The second-order valence-electron chi connectivity index (χ2n) is 8.38. The molecule has 3 aliphatic carbocycles. The fourth-order valence-electron chi connectivity index (χ4n) is 5.44. The topological polar surface area (TPSA) is 29.5 Å². The lowest BCUT2D eigenvalue weighted by atomic mass is 9.78. The van der Waals surface area contributed by atoms with E-state index in [1.165, 1.54) is 11.1 Å². The van der Waals surface area contributed by atoms with E-state index in [2.05, 4.69) is 19.1 Å². The van der Waals surface area contributed by atoms with Gasteiger partial charge in [0, 0.05) is 12.8 Å². The number of amides is 1. The summed E-state index contributed by atoms with van der Waals surface area (Å²) >= 11 is 0. The van der Waals surface area contributed by atoms with Gasteiger partial charge in [0.1, 0.15) is 5.67 Å². The summed E-state index contributed by atoms with van der Waals surface area (Å²) < 4.78 is 14.5. The van der Waals surface area contributed by atoms with Gasteiger partial charge in [-0.3, -0.25) is 9.63 Å². The van der Waals surface area contributed by atoms with Crippen molar-refractivity contribution in [1.82, 2.24) is 5.06 Å². The molecule has 1 aromatic rings. The Morgan fingerprint density at radius 2 is 2.00 bits per heavy atom. The average Bonchev–Trinajstić information content (AvgIpc) is 3.14. The Morgan fingerprint density at radius 3 is 2.70 bits per heavy atom. The van der Waals surface area contributed by atoms with Gasteiger partial charge in [-0.25, -0.2) is 9.45 Å². The van der Waals surface area contributed by atoms with Crippen LogP contribution in [-0.4, -0.2) is 22.2 Å². The second-order valence-corrected chi connectivity index (χ2v) is 8.38. The quantitative estimate of drug-likeness (QED) is 0.787. The molecule has 4 heteroatoms. The number of hydrogen-bond acceptors (Lipinski definition) is 2. The summed E-state index contributed by atoms with van der Waals surface area (Å²) in [6, 6.07) is 8.30. The van der Waals surface area contributed by atoms with Gasteiger partial charge in [-0.15, -0.1) is 0 Å². The number of alkyl halides is 1. The lowest BCUT2D eigenvalue weighted by molar-refractivity contribution is -0.214. The van der Waals surface area contributed by atoms with Crippen LogP contribution in [0.2, 0.25) is 0 Å². The highest BCUT2D eigenvalue weighted by Gasteiger charge is 2.62. The molecule has 0 N–H and O–H groups in total. The molecule has 23 heavy (non-hydrogen) atoms. The Bertz CT molecular complexity index is 694. The Morgan fingerprint density at radius 1 is 1.26 bits per heavy atom. The highest BCUT2D eigenvalue weighted by atomic mass is 19.1. The summed E-state index contributed by atoms with van der Waals surface area (Å²) in [6.45, 7) is 2.09. The number of halogens is 1. The first kappa shape index (κ1) is 14.0. The van der Waals surface area contributed by atoms with E-state index < -0.39 is 11.1 Å². The molecular weight excluding hydrogens is 293 g/mol. The van der Waals surface area contributed by atoms with Crippen LogP contribution in [0.25, 0.3) is 0 Å². The molecule has 2 atom stereocenters. The van der Waals surface area contributed by atoms with Crippen LogP contribution < -0.4 is 0 Å². The fourth-order valence-corrected chi connectivity index (χ4v) is 5.44. The standard InChI is InChI=1S/C19H22FNO2/c1-17-10-13-4-2-3-5-14(13)15(11-17)21(23-17)16(22)18-6-8-19(20,12-18)9-7-18/h2-5,15H,6-12H2,1H3/t15-,17-,18?,19?/m0/s1. The molecule has 1 aliphatic heterocycles. The molecule has 0 spiro atoms. The Labute approximate surface area is 135 Å². The second kappa shape index (κ2) is 4.15. The molecule has 1 aromatic carbocycles. The molecule has 5 rings (SSSR count). The number of nitrogens with zero attached hydrogens (tertiary/aromatic N) is 1. The third kappa shape index (κ3) is 1.81. The van der Waals surface area contributed by atoms with E-state index in [0.29, 0.717) is 32.1 Å². The van der Waals surface area contributed by atoms with Gasteiger partial charge in [0.15, 0.2) is 0 Å². The van der Waals surface area contributed by atoms with E-state index in [1.807, 2.05) is 12.1 Å². The minimum absolute atomic E-state index is 0.0120. The largest absolute Gasteiger partial charge is 0.272 e. The van der Waals surface area contributed by atoms with E-state index in [-0.39, 0.29) is 17.6 Å². The van der Waals surface area contributed by atoms with Crippen molar-refractivity contribution in [3.63, 3.8) is 0 Å². The van der Waals surface area contributed by atoms with Crippen LogP contribution in [0.4, 0.5) is 4.39 Å². The molecule has 1 heterocycles. The van der Waals surface area contributed by atoms with Gasteiger partial charge >= 0.3 is 0 Å². The van der Waals surface area contributed by atoms with Gasteiger partial charge in [-0.1, -0.05) is 24.3 Å². The molecule has 0 aromatic heterocycles. The van der Waals surface area contributed by atoms with Gasteiger partial charge < -0.3 is 0 Å². The fraction of sp³-hybridized carbons (Fsp3) is 0.632. The number of rotatable bonds is 1. The zero-order chi connectivity index (χ0) is 15.9. The molecule has 0 unspecified atom stereocenters. The predicted molar refractivity (Wildman–Crippen MR) is 83.2 cm³/mol. The first-order chi connectivity index (χ1) is 10.9. The van der Waals surface area contributed by atoms with Crippen LogP contribution in [0.3, 0.4) is 0 Å². The van der Waals surface area contributed by atoms with Crippen LogP contribution in [0.15, 0.2) is 24.3 Å². The van der Waals surface area contributed by atoms with Gasteiger partial charge in [0.25, 0.3) is 5.91 Å². The average molecular weight is 315 g/mol. The number of carbonyl (C=O) groups is 1.